The summed E-state index contributed by atoms with van der Waals surface area (Å²) >= 11 is 0. The summed E-state index contributed by atoms with van der Waals surface area (Å²) in [5.41, 5.74) is -1.24. The van der Waals surface area contributed by atoms with E-state index in [-0.39, 0.29) is 17.9 Å². The molecule has 0 aliphatic rings. The molecule has 0 spiro atoms. The molecule has 0 saturated carbocycles. The van der Waals surface area contributed by atoms with Gasteiger partial charge in [-0.1, -0.05) is 34.1 Å². The molecule has 105 valence electrons. The molecule has 0 aromatic heterocycles. The van der Waals surface area contributed by atoms with E-state index >= 15 is 0 Å². The molecule has 0 aliphatic carbocycles. The van der Waals surface area contributed by atoms with Gasteiger partial charge in [-0.2, -0.15) is 0 Å². The van der Waals surface area contributed by atoms with Crippen LogP contribution in [0.2, 0.25) is 0 Å². The van der Waals surface area contributed by atoms with Crippen LogP contribution in [-0.2, 0) is 19.1 Å². The van der Waals surface area contributed by atoms with Gasteiger partial charge in [-0.05, 0) is 25.7 Å². The third kappa shape index (κ3) is 5.07. The van der Waals surface area contributed by atoms with Gasteiger partial charge in [0, 0.05) is 6.42 Å². The van der Waals surface area contributed by atoms with Crippen molar-refractivity contribution in [2.45, 2.75) is 66.1 Å². The van der Waals surface area contributed by atoms with E-state index in [1.807, 2.05) is 34.6 Å². The number of carbonyl (C=O) groups is 1. The second-order valence-electron chi connectivity index (χ2n) is 5.51. The molecule has 0 saturated heterocycles. The van der Waals surface area contributed by atoms with E-state index in [1.165, 1.54) is 6.47 Å². The fraction of sp³-hybridized carbons (Fsp3) is 0.857. The average Bonchev–Trinajstić information content (AvgIpc) is 2.26. The van der Waals surface area contributed by atoms with Crippen LogP contribution in [0.5, 0.6) is 0 Å². The zero-order valence-corrected chi connectivity index (χ0v) is 12.3. The highest BCUT2D eigenvalue weighted by Gasteiger charge is 2.39. The normalized spacial score (nSPS) is 17.7. The quantitative estimate of drug-likeness (QED) is 0.627. The summed E-state index contributed by atoms with van der Waals surface area (Å²) < 4.78 is 10.2. The molecule has 0 amide bonds. The number of esters is 1. The molecule has 18 heavy (non-hydrogen) atoms. The molecule has 4 heteroatoms. The minimum absolute atomic E-state index is 0.191. The Labute approximate surface area is 110 Å². The van der Waals surface area contributed by atoms with Crippen molar-refractivity contribution in [2.75, 3.05) is 0 Å². The number of carbonyl (C=O) groups excluding carboxylic acids is 2. The zero-order valence-electron chi connectivity index (χ0n) is 12.3. The molecule has 0 aromatic carbocycles. The molecular weight excluding hydrogens is 232 g/mol. The van der Waals surface area contributed by atoms with Gasteiger partial charge in [0.25, 0.3) is 0 Å². The molecule has 0 N–H and O–H groups in total. The summed E-state index contributed by atoms with van der Waals surface area (Å²) in [4.78, 5) is 22.5. The highest BCUT2D eigenvalue weighted by molar-refractivity contribution is 5.80. The van der Waals surface area contributed by atoms with Crippen LogP contribution in [0.25, 0.3) is 0 Å². The molecular formula is C14H25O4. The monoisotopic (exact) mass is 257 g/mol. The predicted octanol–water partition coefficient (Wildman–Crippen LogP) is 2.85. The highest BCUT2D eigenvalue weighted by atomic mass is 16.6. The van der Waals surface area contributed by atoms with Gasteiger partial charge in [0.05, 0.1) is 0 Å². The van der Waals surface area contributed by atoms with Crippen LogP contribution in [-0.4, -0.2) is 24.1 Å². The second kappa shape index (κ2) is 7.39. The molecule has 0 aromatic rings. The standard InChI is InChI=1S/C14H25O4/c1-7-11(4)12(5)18-13(16)14(6,17-9-15)8-10(2)3/h10-12H,7-8H2,1-6H3. The lowest BCUT2D eigenvalue weighted by atomic mass is 9.94. The molecule has 3 atom stereocenters. The molecule has 4 nitrogen and oxygen atoms in total. The van der Waals surface area contributed by atoms with Crippen LogP contribution < -0.4 is 0 Å². The van der Waals surface area contributed by atoms with E-state index in [2.05, 4.69) is 0 Å². The topological polar surface area (TPSA) is 52.6 Å². The van der Waals surface area contributed by atoms with E-state index in [4.69, 9.17) is 9.47 Å². The van der Waals surface area contributed by atoms with Crippen molar-refractivity contribution >= 4 is 12.4 Å². The summed E-state index contributed by atoms with van der Waals surface area (Å²) in [6.07, 6.45) is 1.16. The first-order valence-corrected chi connectivity index (χ1v) is 6.53. The fourth-order valence-corrected chi connectivity index (χ4v) is 1.78. The SMILES string of the molecule is CCC(C)C(C)OC(=O)C(C)(CC(C)C)O[C]=O. The highest BCUT2D eigenvalue weighted by Crippen LogP contribution is 2.24. The Hall–Kier alpha value is -1.06. The van der Waals surface area contributed by atoms with E-state index in [9.17, 15) is 9.59 Å². The van der Waals surface area contributed by atoms with Crippen molar-refractivity contribution in [1.82, 2.24) is 0 Å². The number of hydrogen-bond donors (Lipinski definition) is 0. The first-order valence-electron chi connectivity index (χ1n) is 6.53. The van der Waals surface area contributed by atoms with Gasteiger partial charge in [-0.3, -0.25) is 0 Å². The third-order valence-electron chi connectivity index (χ3n) is 3.23. The lowest BCUT2D eigenvalue weighted by Gasteiger charge is -2.29. The predicted molar refractivity (Wildman–Crippen MR) is 69.6 cm³/mol. The molecule has 0 rings (SSSR count). The van der Waals surface area contributed by atoms with Crippen LogP contribution >= 0.6 is 0 Å². The summed E-state index contributed by atoms with van der Waals surface area (Å²) in [6, 6.07) is 0. The second-order valence-corrected chi connectivity index (χ2v) is 5.51. The van der Waals surface area contributed by atoms with Crippen molar-refractivity contribution in [2.24, 2.45) is 11.8 Å². The van der Waals surface area contributed by atoms with Crippen molar-refractivity contribution in [1.29, 1.82) is 0 Å². The summed E-state index contributed by atoms with van der Waals surface area (Å²) in [7, 11) is 0. The van der Waals surface area contributed by atoms with Gasteiger partial charge in [-0.15, -0.1) is 0 Å². The molecule has 0 bridgehead atoms. The Kier molecular flexibility index (Phi) is 6.96. The maximum Gasteiger partial charge on any atom is 0.418 e. The van der Waals surface area contributed by atoms with Crippen LogP contribution in [0.3, 0.4) is 0 Å². The van der Waals surface area contributed by atoms with Crippen LogP contribution in [0.1, 0.15) is 54.4 Å². The minimum Gasteiger partial charge on any atom is -0.459 e. The first-order chi connectivity index (χ1) is 8.26. The summed E-state index contributed by atoms with van der Waals surface area (Å²) in [5.74, 6) is -0.000356. The Morgan fingerprint density at radius 1 is 1.28 bits per heavy atom. The smallest absolute Gasteiger partial charge is 0.418 e. The lowest BCUT2D eigenvalue weighted by Crippen LogP contribution is -2.43. The summed E-state index contributed by atoms with van der Waals surface area (Å²) in [5, 5.41) is 0. The van der Waals surface area contributed by atoms with E-state index in [0.29, 0.717) is 6.42 Å². The maximum atomic E-state index is 12.1. The largest absolute Gasteiger partial charge is 0.459 e. The van der Waals surface area contributed by atoms with Crippen LogP contribution in [0, 0.1) is 11.8 Å². The Balaban J connectivity index is 4.71. The molecule has 0 heterocycles. The van der Waals surface area contributed by atoms with E-state index in [0.717, 1.165) is 6.42 Å². The zero-order chi connectivity index (χ0) is 14.3. The number of hydrogen-bond acceptors (Lipinski definition) is 4. The van der Waals surface area contributed by atoms with Gasteiger partial charge in [0.1, 0.15) is 6.10 Å². The molecule has 1 radical (unpaired) electrons. The van der Waals surface area contributed by atoms with Crippen molar-refractivity contribution in [3.05, 3.63) is 0 Å². The Morgan fingerprint density at radius 2 is 1.83 bits per heavy atom. The van der Waals surface area contributed by atoms with Crippen molar-refractivity contribution in [3.8, 4) is 0 Å². The van der Waals surface area contributed by atoms with Gasteiger partial charge >= 0.3 is 12.4 Å². The average molecular weight is 257 g/mol. The van der Waals surface area contributed by atoms with Gasteiger partial charge in [0.15, 0.2) is 0 Å². The lowest BCUT2D eigenvalue weighted by molar-refractivity contribution is -0.170. The number of rotatable bonds is 8. The minimum atomic E-state index is -1.24. The van der Waals surface area contributed by atoms with Gasteiger partial charge < -0.3 is 9.47 Å². The molecule has 0 aliphatic heterocycles. The van der Waals surface area contributed by atoms with Crippen LogP contribution in [0.4, 0.5) is 0 Å². The van der Waals surface area contributed by atoms with Crippen molar-refractivity contribution < 1.29 is 19.1 Å². The van der Waals surface area contributed by atoms with Gasteiger partial charge in [0.2, 0.25) is 5.60 Å². The van der Waals surface area contributed by atoms with Crippen molar-refractivity contribution in [3.63, 3.8) is 0 Å². The summed E-state index contributed by atoms with van der Waals surface area (Å²) in [6.45, 7) is 12.8. The molecule has 0 fully saturated rings. The first kappa shape index (κ1) is 16.9. The van der Waals surface area contributed by atoms with Crippen LogP contribution in [0.15, 0.2) is 0 Å². The van der Waals surface area contributed by atoms with Gasteiger partial charge in [-0.25, -0.2) is 9.59 Å². The Bertz CT molecular complexity index is 275. The van der Waals surface area contributed by atoms with E-state index in [1.54, 1.807) is 6.92 Å². The maximum absolute atomic E-state index is 12.1. The van der Waals surface area contributed by atoms with E-state index < -0.39 is 11.6 Å². The molecule has 3 unspecified atom stereocenters. The third-order valence-corrected chi connectivity index (χ3v) is 3.23. The Morgan fingerprint density at radius 3 is 2.22 bits per heavy atom. The fourth-order valence-electron chi connectivity index (χ4n) is 1.78. The number of ether oxygens (including phenoxy) is 2.